The molecular weight excluding hydrogens is 387 g/mol. The Kier molecular flexibility index (Phi) is 6.02. The lowest BCUT2D eigenvalue weighted by molar-refractivity contribution is -0.117. The third-order valence-electron chi connectivity index (χ3n) is 3.42. The quantitative estimate of drug-likeness (QED) is 0.499. The van der Waals surface area contributed by atoms with Crippen LogP contribution in [0.5, 0.6) is 0 Å². The zero-order valence-corrected chi connectivity index (χ0v) is 16.3. The lowest BCUT2D eigenvalue weighted by Gasteiger charge is -2.08. The minimum absolute atomic E-state index is 0.0528. The van der Waals surface area contributed by atoms with Gasteiger partial charge in [-0.1, -0.05) is 23.9 Å². The highest BCUT2D eigenvalue weighted by atomic mass is 32.2. The monoisotopic (exact) mass is 404 g/mol. The molecule has 6 nitrogen and oxygen atoms in total. The highest BCUT2D eigenvalue weighted by molar-refractivity contribution is 8.00. The number of aromatic nitrogens is 2. The number of imide groups is 1. The van der Waals surface area contributed by atoms with E-state index in [1.54, 1.807) is 12.1 Å². The summed E-state index contributed by atoms with van der Waals surface area (Å²) in [6, 6.07) is 7.58. The highest BCUT2D eigenvalue weighted by Crippen LogP contribution is 2.36. The molecule has 2 aromatic heterocycles. The number of hydrogen-bond donors (Lipinski definition) is 2. The van der Waals surface area contributed by atoms with Gasteiger partial charge >= 0.3 is 6.03 Å². The smallest absolute Gasteiger partial charge is 0.321 e. The van der Waals surface area contributed by atoms with Crippen LogP contribution in [0.1, 0.15) is 13.8 Å². The molecule has 0 aliphatic rings. The number of rotatable bonds is 5. The second-order valence-corrected chi connectivity index (χ2v) is 7.99. The van der Waals surface area contributed by atoms with Crippen molar-refractivity contribution in [3.05, 3.63) is 42.5 Å². The van der Waals surface area contributed by atoms with Gasteiger partial charge in [0.25, 0.3) is 0 Å². The normalized spacial score (nSPS) is 11.0. The molecule has 0 radical (unpaired) electrons. The molecule has 2 N–H and O–H groups in total. The van der Waals surface area contributed by atoms with Crippen LogP contribution in [0, 0.1) is 5.82 Å². The third-order valence-corrected chi connectivity index (χ3v) is 5.72. The summed E-state index contributed by atoms with van der Waals surface area (Å²) in [5.41, 5.74) is 1.65. The van der Waals surface area contributed by atoms with Gasteiger partial charge in [0.2, 0.25) is 5.91 Å². The molecule has 140 valence electrons. The number of carbonyl (C=O) groups excluding carboxylic acids is 2. The lowest BCUT2D eigenvalue weighted by Crippen LogP contribution is -2.43. The van der Waals surface area contributed by atoms with Crippen LogP contribution in [-0.2, 0) is 4.79 Å². The molecule has 3 amide bonds. The van der Waals surface area contributed by atoms with Crippen LogP contribution in [0.25, 0.3) is 20.7 Å². The van der Waals surface area contributed by atoms with Crippen molar-refractivity contribution >= 4 is 45.3 Å². The predicted octanol–water partition coefficient (Wildman–Crippen LogP) is 3.82. The summed E-state index contributed by atoms with van der Waals surface area (Å²) >= 11 is 2.71. The number of nitrogens with one attached hydrogen (secondary N) is 2. The topological polar surface area (TPSA) is 84.0 Å². The summed E-state index contributed by atoms with van der Waals surface area (Å²) in [5.74, 6) is -0.634. The van der Waals surface area contributed by atoms with Crippen LogP contribution < -0.4 is 10.6 Å². The first-order valence-electron chi connectivity index (χ1n) is 8.16. The molecule has 1 aromatic carbocycles. The number of thioether (sulfide) groups is 1. The Balaban J connectivity index is 1.72. The van der Waals surface area contributed by atoms with Gasteiger partial charge < -0.3 is 5.32 Å². The van der Waals surface area contributed by atoms with Gasteiger partial charge in [0.1, 0.15) is 17.2 Å². The number of hydrogen-bond acceptors (Lipinski definition) is 6. The SMILES string of the molecule is CC(C)NC(=O)NC(=O)CSc1ncnc2cc(-c3ccc(F)cc3)sc12. The lowest BCUT2D eigenvalue weighted by atomic mass is 10.2. The van der Waals surface area contributed by atoms with E-state index in [-0.39, 0.29) is 17.6 Å². The van der Waals surface area contributed by atoms with Crippen molar-refractivity contribution in [3.8, 4) is 10.4 Å². The van der Waals surface area contributed by atoms with Crippen LogP contribution in [0.15, 0.2) is 41.7 Å². The van der Waals surface area contributed by atoms with Gasteiger partial charge in [-0.05, 0) is 37.6 Å². The fourth-order valence-electron chi connectivity index (χ4n) is 2.29. The van der Waals surface area contributed by atoms with Gasteiger partial charge in [-0.2, -0.15) is 0 Å². The Bertz CT molecular complexity index is 973. The minimum atomic E-state index is -0.516. The van der Waals surface area contributed by atoms with E-state index in [1.807, 2.05) is 19.9 Å². The van der Waals surface area contributed by atoms with E-state index in [2.05, 4.69) is 20.6 Å². The summed E-state index contributed by atoms with van der Waals surface area (Å²) < 4.78 is 14.0. The van der Waals surface area contributed by atoms with Crippen molar-refractivity contribution in [2.75, 3.05) is 5.75 Å². The van der Waals surface area contributed by atoms with Crippen LogP contribution in [0.2, 0.25) is 0 Å². The molecule has 0 aliphatic carbocycles. The largest absolute Gasteiger partial charge is 0.336 e. The van der Waals surface area contributed by atoms with Gasteiger partial charge in [0, 0.05) is 10.9 Å². The fraction of sp³-hybridized carbons (Fsp3) is 0.222. The van der Waals surface area contributed by atoms with Crippen molar-refractivity contribution in [2.24, 2.45) is 0 Å². The molecule has 3 rings (SSSR count). The van der Waals surface area contributed by atoms with Crippen molar-refractivity contribution in [3.63, 3.8) is 0 Å². The summed E-state index contributed by atoms with van der Waals surface area (Å²) in [7, 11) is 0. The first-order chi connectivity index (χ1) is 12.9. The molecule has 0 saturated heterocycles. The molecule has 0 aliphatic heterocycles. The van der Waals surface area contributed by atoms with Gasteiger partial charge in [-0.25, -0.2) is 19.2 Å². The Hall–Kier alpha value is -2.52. The van der Waals surface area contributed by atoms with E-state index in [9.17, 15) is 14.0 Å². The maximum Gasteiger partial charge on any atom is 0.321 e. The average Bonchev–Trinajstić information content (AvgIpc) is 3.04. The summed E-state index contributed by atoms with van der Waals surface area (Å²) in [6.07, 6.45) is 1.44. The maximum atomic E-state index is 13.1. The number of amides is 3. The molecule has 27 heavy (non-hydrogen) atoms. The number of thiophene rings is 1. The molecule has 0 bridgehead atoms. The second-order valence-electron chi connectivity index (χ2n) is 5.98. The maximum absolute atomic E-state index is 13.1. The number of urea groups is 1. The molecule has 3 aromatic rings. The Morgan fingerprint density at radius 3 is 2.67 bits per heavy atom. The standard InChI is InChI=1S/C18H17FN4O2S2/c1-10(2)22-18(25)23-15(24)8-26-17-16-13(20-9-21-17)7-14(27-16)11-3-5-12(19)6-4-11/h3-7,9-10H,8H2,1-2H3,(H2,22,23,24,25). The van der Waals surface area contributed by atoms with E-state index in [4.69, 9.17) is 0 Å². The van der Waals surface area contributed by atoms with Crippen molar-refractivity contribution in [2.45, 2.75) is 24.9 Å². The fourth-order valence-corrected chi connectivity index (χ4v) is 4.29. The van der Waals surface area contributed by atoms with Gasteiger partial charge in [-0.15, -0.1) is 11.3 Å². The Morgan fingerprint density at radius 1 is 1.22 bits per heavy atom. The van der Waals surface area contributed by atoms with E-state index in [1.165, 1.54) is 41.6 Å². The van der Waals surface area contributed by atoms with Crippen molar-refractivity contribution < 1.29 is 14.0 Å². The molecular formula is C18H17FN4O2S2. The van der Waals surface area contributed by atoms with Crippen molar-refractivity contribution in [1.82, 2.24) is 20.6 Å². The molecule has 0 saturated carbocycles. The number of benzene rings is 1. The molecule has 0 fully saturated rings. The number of nitrogens with zero attached hydrogens (tertiary/aromatic N) is 2. The average molecular weight is 404 g/mol. The summed E-state index contributed by atoms with van der Waals surface area (Å²) in [4.78, 5) is 33.0. The predicted molar refractivity (Wildman–Crippen MR) is 105 cm³/mol. The molecule has 9 heteroatoms. The summed E-state index contributed by atoms with van der Waals surface area (Å²) in [5, 5.41) is 5.54. The van der Waals surface area contributed by atoms with Crippen LogP contribution >= 0.6 is 23.1 Å². The zero-order valence-electron chi connectivity index (χ0n) is 14.7. The third kappa shape index (κ3) is 5.01. The zero-order chi connectivity index (χ0) is 19.4. The van der Waals surface area contributed by atoms with Gasteiger partial charge in [0.05, 0.1) is 16.0 Å². The van der Waals surface area contributed by atoms with E-state index in [0.717, 1.165) is 20.7 Å². The first-order valence-corrected chi connectivity index (χ1v) is 9.96. The van der Waals surface area contributed by atoms with Crippen LogP contribution in [-0.4, -0.2) is 33.7 Å². The molecule has 0 unspecified atom stereocenters. The van der Waals surface area contributed by atoms with E-state index < -0.39 is 11.9 Å². The number of halogens is 1. The highest BCUT2D eigenvalue weighted by Gasteiger charge is 2.14. The number of carbonyl (C=O) groups is 2. The summed E-state index contributed by atoms with van der Waals surface area (Å²) in [6.45, 7) is 3.62. The Labute approximate surface area is 163 Å². The van der Waals surface area contributed by atoms with Gasteiger partial charge in [-0.3, -0.25) is 10.1 Å². The van der Waals surface area contributed by atoms with E-state index in [0.29, 0.717) is 5.03 Å². The Morgan fingerprint density at radius 2 is 1.96 bits per heavy atom. The van der Waals surface area contributed by atoms with E-state index >= 15 is 0 Å². The molecule has 0 atom stereocenters. The minimum Gasteiger partial charge on any atom is -0.336 e. The molecule has 0 spiro atoms. The first kappa shape index (κ1) is 19.2. The van der Waals surface area contributed by atoms with Crippen LogP contribution in [0.4, 0.5) is 9.18 Å². The second kappa shape index (κ2) is 8.45. The van der Waals surface area contributed by atoms with Gasteiger partial charge in [0.15, 0.2) is 0 Å². The van der Waals surface area contributed by atoms with Crippen molar-refractivity contribution in [1.29, 1.82) is 0 Å². The van der Waals surface area contributed by atoms with Crippen LogP contribution in [0.3, 0.4) is 0 Å². The molecule has 2 heterocycles. The number of fused-ring (bicyclic) bond motifs is 1.